The Morgan fingerprint density at radius 2 is 1.53 bits per heavy atom. The molecule has 0 amide bonds. The van der Waals surface area contributed by atoms with Gasteiger partial charge in [0.05, 0.1) is 18.1 Å². The number of rotatable bonds is 2. The van der Waals surface area contributed by atoms with Crippen LogP contribution in [0, 0.1) is 5.41 Å². The third-order valence-corrected chi connectivity index (χ3v) is 4.35. The van der Waals surface area contributed by atoms with Gasteiger partial charge < -0.3 is 9.84 Å². The van der Waals surface area contributed by atoms with Crippen molar-refractivity contribution in [3.8, 4) is 0 Å². The van der Waals surface area contributed by atoms with Gasteiger partial charge in [0.15, 0.2) is 0 Å². The van der Waals surface area contributed by atoms with Gasteiger partial charge >= 0.3 is 5.97 Å². The van der Waals surface area contributed by atoms with Gasteiger partial charge in [-0.25, -0.2) is 0 Å². The quantitative estimate of drug-likeness (QED) is 0.712. The molecule has 2 aliphatic carbocycles. The molecule has 3 nitrogen and oxygen atoms in total. The summed E-state index contributed by atoms with van der Waals surface area (Å²) in [4.78, 5) is 11.9. The van der Waals surface area contributed by atoms with Crippen molar-refractivity contribution in [2.45, 2.75) is 57.0 Å². The number of hydrogen-bond donors (Lipinski definition) is 1. The highest BCUT2D eigenvalue weighted by Gasteiger charge is 2.58. The second kappa shape index (κ2) is 3.78. The molecule has 0 atom stereocenters. The summed E-state index contributed by atoms with van der Waals surface area (Å²) in [6.07, 6.45) is 7.29. The molecule has 2 saturated carbocycles. The molecule has 2 aliphatic rings. The van der Waals surface area contributed by atoms with Crippen molar-refractivity contribution in [1.29, 1.82) is 0 Å². The van der Waals surface area contributed by atoms with Gasteiger partial charge in [-0.3, -0.25) is 4.79 Å². The highest BCUT2D eigenvalue weighted by Crippen LogP contribution is 2.53. The summed E-state index contributed by atoms with van der Waals surface area (Å²) in [6.45, 7) is 0. The molecule has 15 heavy (non-hydrogen) atoms. The number of aliphatic hydroxyl groups is 1. The Labute approximate surface area is 90.8 Å². The molecule has 0 aromatic heterocycles. The van der Waals surface area contributed by atoms with Gasteiger partial charge in [-0.1, -0.05) is 25.7 Å². The van der Waals surface area contributed by atoms with Crippen molar-refractivity contribution in [1.82, 2.24) is 0 Å². The molecule has 0 unspecified atom stereocenters. The molecule has 0 aliphatic heterocycles. The van der Waals surface area contributed by atoms with E-state index in [-0.39, 0.29) is 5.97 Å². The number of hydrogen-bond acceptors (Lipinski definition) is 3. The minimum absolute atomic E-state index is 0.190. The van der Waals surface area contributed by atoms with E-state index in [9.17, 15) is 9.90 Å². The maximum atomic E-state index is 11.9. The highest BCUT2D eigenvalue weighted by atomic mass is 16.5. The molecule has 0 saturated heterocycles. The fourth-order valence-corrected chi connectivity index (χ4v) is 3.47. The number of carbonyl (C=O) groups excluding carboxylic acids is 1. The molecule has 2 rings (SSSR count). The Hall–Kier alpha value is -0.570. The van der Waals surface area contributed by atoms with E-state index >= 15 is 0 Å². The second-order valence-electron chi connectivity index (χ2n) is 5.02. The van der Waals surface area contributed by atoms with Crippen LogP contribution in [-0.4, -0.2) is 23.8 Å². The lowest BCUT2D eigenvalue weighted by Crippen LogP contribution is -2.50. The third-order valence-electron chi connectivity index (χ3n) is 4.35. The molecule has 86 valence electrons. The maximum absolute atomic E-state index is 11.9. The minimum Gasteiger partial charge on any atom is -0.469 e. The molecule has 1 N–H and O–H groups in total. The molecule has 0 spiro atoms. The van der Waals surface area contributed by atoms with Crippen molar-refractivity contribution in [2.24, 2.45) is 5.41 Å². The standard InChI is InChI=1S/C12H20O3/c1-15-10(13)11(6-2-3-7-11)12(14)8-4-5-9-12/h14H,2-9H2,1H3. The van der Waals surface area contributed by atoms with E-state index < -0.39 is 11.0 Å². The van der Waals surface area contributed by atoms with E-state index in [2.05, 4.69) is 0 Å². The fraction of sp³-hybridized carbons (Fsp3) is 0.917. The number of methoxy groups -OCH3 is 1. The molecule has 3 heteroatoms. The van der Waals surface area contributed by atoms with Crippen molar-refractivity contribution in [2.75, 3.05) is 7.11 Å². The number of esters is 1. The fourth-order valence-electron chi connectivity index (χ4n) is 3.47. The van der Waals surface area contributed by atoms with Crippen molar-refractivity contribution >= 4 is 5.97 Å². The summed E-state index contributed by atoms with van der Waals surface area (Å²) in [6, 6.07) is 0. The smallest absolute Gasteiger partial charge is 0.314 e. The van der Waals surface area contributed by atoms with Crippen LogP contribution in [0.25, 0.3) is 0 Å². The van der Waals surface area contributed by atoms with Crippen LogP contribution in [0.2, 0.25) is 0 Å². The highest BCUT2D eigenvalue weighted by molar-refractivity contribution is 5.78. The van der Waals surface area contributed by atoms with Crippen LogP contribution in [0.5, 0.6) is 0 Å². The Morgan fingerprint density at radius 3 is 2.00 bits per heavy atom. The molecular formula is C12H20O3. The SMILES string of the molecule is COC(=O)C1(C2(O)CCCC2)CCCC1. The minimum atomic E-state index is -0.781. The lowest BCUT2D eigenvalue weighted by atomic mass is 9.69. The predicted molar refractivity (Wildman–Crippen MR) is 56.3 cm³/mol. The Bertz CT molecular complexity index is 248. The van der Waals surface area contributed by atoms with Gasteiger partial charge in [-0.05, 0) is 25.7 Å². The molecular weight excluding hydrogens is 192 g/mol. The second-order valence-corrected chi connectivity index (χ2v) is 5.02. The van der Waals surface area contributed by atoms with Crippen LogP contribution < -0.4 is 0 Å². The zero-order valence-corrected chi connectivity index (χ0v) is 9.42. The van der Waals surface area contributed by atoms with Gasteiger partial charge in [0.1, 0.15) is 0 Å². The number of carbonyl (C=O) groups is 1. The summed E-state index contributed by atoms with van der Waals surface area (Å²) in [5, 5.41) is 10.6. The normalized spacial score (nSPS) is 27.9. The average Bonchev–Trinajstić information content (AvgIpc) is 2.86. The van der Waals surface area contributed by atoms with Crippen LogP contribution in [-0.2, 0) is 9.53 Å². The van der Waals surface area contributed by atoms with Crippen molar-refractivity contribution < 1.29 is 14.6 Å². The monoisotopic (exact) mass is 212 g/mol. The average molecular weight is 212 g/mol. The van der Waals surface area contributed by atoms with E-state index in [1.54, 1.807) is 0 Å². The third kappa shape index (κ3) is 1.48. The summed E-state index contributed by atoms with van der Waals surface area (Å²) in [5.41, 5.74) is -1.37. The molecule has 0 bridgehead atoms. The van der Waals surface area contributed by atoms with E-state index in [1.165, 1.54) is 7.11 Å². The van der Waals surface area contributed by atoms with Crippen LogP contribution >= 0.6 is 0 Å². The summed E-state index contributed by atoms with van der Waals surface area (Å²) in [5.74, 6) is -0.190. The predicted octanol–water partition coefficient (Wildman–Crippen LogP) is 2.02. The van der Waals surface area contributed by atoms with Crippen molar-refractivity contribution in [3.63, 3.8) is 0 Å². The van der Waals surface area contributed by atoms with Crippen molar-refractivity contribution in [3.05, 3.63) is 0 Å². The zero-order valence-electron chi connectivity index (χ0n) is 9.42. The number of ether oxygens (including phenoxy) is 1. The first-order valence-corrected chi connectivity index (χ1v) is 5.95. The first-order chi connectivity index (χ1) is 7.15. The van der Waals surface area contributed by atoms with Crippen LogP contribution in [0.4, 0.5) is 0 Å². The summed E-state index contributed by atoms with van der Waals surface area (Å²) < 4.78 is 4.92. The van der Waals surface area contributed by atoms with Crippen LogP contribution in [0.3, 0.4) is 0 Å². The Morgan fingerprint density at radius 1 is 1.07 bits per heavy atom. The molecule has 0 radical (unpaired) electrons. The zero-order chi connectivity index (χ0) is 10.9. The van der Waals surface area contributed by atoms with E-state index in [1.807, 2.05) is 0 Å². The van der Waals surface area contributed by atoms with Gasteiger partial charge in [0.25, 0.3) is 0 Å². The molecule has 0 aromatic carbocycles. The maximum Gasteiger partial charge on any atom is 0.314 e. The van der Waals surface area contributed by atoms with E-state index in [4.69, 9.17) is 4.74 Å². The summed E-state index contributed by atoms with van der Waals surface area (Å²) >= 11 is 0. The first-order valence-electron chi connectivity index (χ1n) is 5.95. The van der Waals surface area contributed by atoms with E-state index in [0.29, 0.717) is 0 Å². The molecule has 0 heterocycles. The Kier molecular flexibility index (Phi) is 2.75. The lowest BCUT2D eigenvalue weighted by Gasteiger charge is -2.40. The van der Waals surface area contributed by atoms with Gasteiger partial charge in [-0.15, -0.1) is 0 Å². The largest absolute Gasteiger partial charge is 0.469 e. The van der Waals surface area contributed by atoms with Crippen LogP contribution in [0.1, 0.15) is 51.4 Å². The van der Waals surface area contributed by atoms with Crippen LogP contribution in [0.15, 0.2) is 0 Å². The first kappa shape index (κ1) is 10.9. The lowest BCUT2D eigenvalue weighted by molar-refractivity contribution is -0.172. The van der Waals surface area contributed by atoms with E-state index in [0.717, 1.165) is 51.4 Å². The van der Waals surface area contributed by atoms with Gasteiger partial charge in [0, 0.05) is 0 Å². The summed E-state index contributed by atoms with van der Waals surface area (Å²) in [7, 11) is 1.43. The molecule has 2 fully saturated rings. The van der Waals surface area contributed by atoms with Gasteiger partial charge in [-0.2, -0.15) is 0 Å². The molecule has 0 aromatic rings. The van der Waals surface area contributed by atoms with Gasteiger partial charge in [0.2, 0.25) is 0 Å². The topological polar surface area (TPSA) is 46.5 Å². The Balaban J connectivity index is 2.29.